The molecule has 2 N–H and O–H groups in total. The Bertz CT molecular complexity index is 749. The molecule has 0 atom stereocenters. The lowest BCUT2D eigenvalue weighted by Gasteiger charge is -2.22. The van der Waals surface area contributed by atoms with Crippen LogP contribution in [0.5, 0.6) is 0 Å². The van der Waals surface area contributed by atoms with E-state index < -0.39 is 5.97 Å². The summed E-state index contributed by atoms with van der Waals surface area (Å²) in [5.41, 5.74) is 2.83. The molecule has 23 heavy (non-hydrogen) atoms. The van der Waals surface area contributed by atoms with Gasteiger partial charge in [-0.3, -0.25) is 4.98 Å². The maximum Gasteiger partial charge on any atom is 0.339 e. The summed E-state index contributed by atoms with van der Waals surface area (Å²) in [5, 5.41) is 12.7. The quantitative estimate of drug-likeness (QED) is 0.748. The average molecular weight is 304 g/mol. The minimum Gasteiger partial charge on any atom is -0.478 e. The Morgan fingerprint density at radius 1 is 0.913 bits per heavy atom. The predicted molar refractivity (Wildman–Crippen MR) is 89.5 cm³/mol. The van der Waals surface area contributed by atoms with Crippen LogP contribution in [-0.4, -0.2) is 16.1 Å². The number of rotatable bonds is 5. The largest absolute Gasteiger partial charge is 0.478 e. The Balaban J connectivity index is 2.02. The molecule has 0 saturated carbocycles. The molecule has 114 valence electrons. The Kier molecular flexibility index (Phi) is 4.34. The summed E-state index contributed by atoms with van der Waals surface area (Å²) in [4.78, 5) is 15.3. The minimum atomic E-state index is -1.000. The summed E-state index contributed by atoms with van der Waals surface area (Å²) in [6, 6.07) is 21.4. The van der Waals surface area contributed by atoms with Gasteiger partial charge in [-0.25, -0.2) is 4.79 Å². The van der Waals surface area contributed by atoms with Crippen molar-refractivity contribution in [3.8, 4) is 0 Å². The Labute approximate surface area is 134 Å². The predicted octanol–water partition coefficient (Wildman–Crippen LogP) is 3.98. The number of hydrogen-bond acceptors (Lipinski definition) is 3. The molecule has 0 fully saturated rings. The van der Waals surface area contributed by atoms with E-state index in [1.807, 2.05) is 60.7 Å². The lowest BCUT2D eigenvalue weighted by molar-refractivity contribution is 0.0697. The molecule has 0 aliphatic carbocycles. The first-order valence-corrected chi connectivity index (χ1v) is 7.29. The molecule has 4 nitrogen and oxygen atoms in total. The van der Waals surface area contributed by atoms with Crippen molar-refractivity contribution in [3.63, 3.8) is 0 Å². The SMILES string of the molecule is O=C(O)c1cnccc1NC(c1ccccc1)c1ccccc1. The van der Waals surface area contributed by atoms with Gasteiger partial charge in [0.2, 0.25) is 0 Å². The maximum absolute atomic E-state index is 11.4. The van der Waals surface area contributed by atoms with Gasteiger partial charge in [0.15, 0.2) is 0 Å². The Morgan fingerprint density at radius 3 is 2.00 bits per heavy atom. The molecule has 0 unspecified atom stereocenters. The second kappa shape index (κ2) is 6.75. The van der Waals surface area contributed by atoms with Crippen LogP contribution in [0.3, 0.4) is 0 Å². The standard InChI is InChI=1S/C19H16N2O2/c22-19(23)16-13-20-12-11-17(16)21-18(14-7-3-1-4-8-14)15-9-5-2-6-10-15/h1-13,18H,(H,20,21)(H,22,23). The van der Waals surface area contributed by atoms with Gasteiger partial charge in [0.25, 0.3) is 0 Å². The molecular formula is C19H16N2O2. The highest BCUT2D eigenvalue weighted by atomic mass is 16.4. The molecule has 0 aliphatic heterocycles. The zero-order valence-corrected chi connectivity index (χ0v) is 12.4. The molecule has 0 bridgehead atoms. The number of pyridine rings is 1. The van der Waals surface area contributed by atoms with Crippen LogP contribution in [0.1, 0.15) is 27.5 Å². The number of nitrogens with zero attached hydrogens (tertiary/aromatic N) is 1. The van der Waals surface area contributed by atoms with Gasteiger partial charge in [0.05, 0.1) is 11.7 Å². The third-order valence-corrected chi connectivity index (χ3v) is 3.62. The van der Waals surface area contributed by atoms with Crippen LogP contribution in [-0.2, 0) is 0 Å². The van der Waals surface area contributed by atoms with Crippen LogP contribution in [0.15, 0.2) is 79.1 Å². The zero-order chi connectivity index (χ0) is 16.1. The first-order valence-electron chi connectivity index (χ1n) is 7.29. The van der Waals surface area contributed by atoms with E-state index in [-0.39, 0.29) is 11.6 Å². The van der Waals surface area contributed by atoms with Crippen molar-refractivity contribution in [2.45, 2.75) is 6.04 Å². The first-order chi connectivity index (χ1) is 11.3. The van der Waals surface area contributed by atoms with Crippen LogP contribution in [0.25, 0.3) is 0 Å². The third-order valence-electron chi connectivity index (χ3n) is 3.62. The van der Waals surface area contributed by atoms with Gasteiger partial charge in [0, 0.05) is 12.4 Å². The second-order valence-electron chi connectivity index (χ2n) is 5.13. The van der Waals surface area contributed by atoms with Gasteiger partial charge in [0.1, 0.15) is 5.56 Å². The van der Waals surface area contributed by atoms with Crippen LogP contribution in [0, 0.1) is 0 Å². The van der Waals surface area contributed by atoms with Gasteiger partial charge < -0.3 is 10.4 Å². The van der Waals surface area contributed by atoms with E-state index in [0.29, 0.717) is 5.69 Å². The van der Waals surface area contributed by atoms with Gasteiger partial charge in [-0.1, -0.05) is 60.7 Å². The molecule has 4 heteroatoms. The molecule has 0 radical (unpaired) electrons. The zero-order valence-electron chi connectivity index (χ0n) is 12.4. The molecule has 0 aliphatic rings. The van der Waals surface area contributed by atoms with Crippen LogP contribution < -0.4 is 5.32 Å². The number of anilines is 1. The van der Waals surface area contributed by atoms with E-state index in [1.54, 1.807) is 12.3 Å². The van der Waals surface area contributed by atoms with E-state index >= 15 is 0 Å². The third kappa shape index (κ3) is 3.37. The lowest BCUT2D eigenvalue weighted by Crippen LogP contribution is -2.15. The summed E-state index contributed by atoms with van der Waals surface area (Å²) in [5.74, 6) is -1.000. The summed E-state index contributed by atoms with van der Waals surface area (Å²) in [6.45, 7) is 0. The highest BCUT2D eigenvalue weighted by molar-refractivity contribution is 5.93. The monoisotopic (exact) mass is 304 g/mol. The van der Waals surface area contributed by atoms with Crippen molar-refractivity contribution in [1.82, 2.24) is 4.98 Å². The van der Waals surface area contributed by atoms with Gasteiger partial charge in [-0.15, -0.1) is 0 Å². The van der Waals surface area contributed by atoms with E-state index in [0.717, 1.165) is 11.1 Å². The number of hydrogen-bond donors (Lipinski definition) is 2. The fourth-order valence-electron chi connectivity index (χ4n) is 2.50. The fourth-order valence-corrected chi connectivity index (χ4v) is 2.50. The number of carbonyl (C=O) groups is 1. The normalized spacial score (nSPS) is 10.5. The van der Waals surface area contributed by atoms with E-state index in [1.165, 1.54) is 6.20 Å². The number of aromatic nitrogens is 1. The molecular weight excluding hydrogens is 288 g/mol. The number of carboxylic acid groups (broad SMARTS) is 1. The number of benzene rings is 2. The van der Waals surface area contributed by atoms with Crippen LogP contribution in [0.2, 0.25) is 0 Å². The topological polar surface area (TPSA) is 62.2 Å². The summed E-state index contributed by atoms with van der Waals surface area (Å²) < 4.78 is 0. The van der Waals surface area contributed by atoms with Crippen molar-refractivity contribution in [2.75, 3.05) is 5.32 Å². The van der Waals surface area contributed by atoms with Crippen LogP contribution in [0.4, 0.5) is 5.69 Å². The van der Waals surface area contributed by atoms with Gasteiger partial charge in [-0.05, 0) is 17.2 Å². The van der Waals surface area contributed by atoms with Crippen molar-refractivity contribution in [1.29, 1.82) is 0 Å². The Hall–Kier alpha value is -3.14. The molecule has 1 heterocycles. The van der Waals surface area contributed by atoms with Crippen molar-refractivity contribution >= 4 is 11.7 Å². The molecule has 0 saturated heterocycles. The van der Waals surface area contributed by atoms with Gasteiger partial charge >= 0.3 is 5.97 Å². The smallest absolute Gasteiger partial charge is 0.339 e. The fraction of sp³-hybridized carbons (Fsp3) is 0.0526. The van der Waals surface area contributed by atoms with E-state index in [2.05, 4.69) is 10.3 Å². The van der Waals surface area contributed by atoms with Crippen molar-refractivity contribution in [3.05, 3.63) is 95.8 Å². The minimum absolute atomic E-state index is 0.141. The first kappa shape index (κ1) is 14.8. The van der Waals surface area contributed by atoms with Crippen molar-refractivity contribution in [2.24, 2.45) is 0 Å². The van der Waals surface area contributed by atoms with E-state index in [4.69, 9.17) is 0 Å². The second-order valence-corrected chi connectivity index (χ2v) is 5.13. The molecule has 0 amide bonds. The molecule has 3 aromatic rings. The number of carboxylic acids is 1. The molecule has 3 rings (SSSR count). The van der Waals surface area contributed by atoms with E-state index in [9.17, 15) is 9.90 Å². The Morgan fingerprint density at radius 2 is 1.48 bits per heavy atom. The molecule has 0 spiro atoms. The highest BCUT2D eigenvalue weighted by Gasteiger charge is 2.17. The van der Waals surface area contributed by atoms with Crippen molar-refractivity contribution < 1.29 is 9.90 Å². The average Bonchev–Trinajstić information content (AvgIpc) is 2.61. The van der Waals surface area contributed by atoms with Gasteiger partial charge in [-0.2, -0.15) is 0 Å². The summed E-state index contributed by atoms with van der Waals surface area (Å²) in [6.07, 6.45) is 2.94. The number of aromatic carboxylic acids is 1. The molecule has 1 aromatic heterocycles. The summed E-state index contributed by atoms with van der Waals surface area (Å²) >= 11 is 0. The highest BCUT2D eigenvalue weighted by Crippen LogP contribution is 2.28. The maximum atomic E-state index is 11.4. The lowest BCUT2D eigenvalue weighted by atomic mass is 9.98. The summed E-state index contributed by atoms with van der Waals surface area (Å²) in [7, 11) is 0. The number of nitrogens with one attached hydrogen (secondary N) is 1. The molecule has 2 aromatic carbocycles. The van der Waals surface area contributed by atoms with Crippen LogP contribution >= 0.6 is 0 Å².